The van der Waals surface area contributed by atoms with Gasteiger partial charge in [0.15, 0.2) is 0 Å². The molecule has 0 amide bonds. The quantitative estimate of drug-likeness (QED) is 0.923. The zero-order valence-corrected chi connectivity index (χ0v) is 12.2. The Labute approximate surface area is 123 Å². The van der Waals surface area contributed by atoms with E-state index in [1.54, 1.807) is 12.1 Å². The van der Waals surface area contributed by atoms with E-state index in [0.29, 0.717) is 5.56 Å². The van der Waals surface area contributed by atoms with Gasteiger partial charge < -0.3 is 9.67 Å². The van der Waals surface area contributed by atoms with Crippen molar-refractivity contribution in [3.63, 3.8) is 0 Å². The first-order chi connectivity index (χ1) is 10.0. The topological polar surface area (TPSA) is 71.2 Å². The Morgan fingerprint density at radius 3 is 2.81 bits per heavy atom. The number of benzene rings is 1. The number of aromatic carboxylic acids is 1. The van der Waals surface area contributed by atoms with E-state index in [2.05, 4.69) is 15.1 Å². The van der Waals surface area contributed by atoms with Gasteiger partial charge in [0.2, 0.25) is 0 Å². The Morgan fingerprint density at radius 2 is 2.14 bits per heavy atom. The van der Waals surface area contributed by atoms with Gasteiger partial charge in [-0.1, -0.05) is 6.07 Å². The predicted octanol–water partition coefficient (Wildman–Crippen LogP) is 1.38. The predicted molar refractivity (Wildman–Crippen MR) is 77.0 cm³/mol. The summed E-state index contributed by atoms with van der Waals surface area (Å²) < 4.78 is 1.99. The van der Waals surface area contributed by atoms with Crippen LogP contribution in [-0.2, 0) is 26.6 Å². The molecule has 1 N–H and O–H groups in total. The van der Waals surface area contributed by atoms with Crippen molar-refractivity contribution in [3.05, 3.63) is 46.5 Å². The molecule has 0 saturated carbocycles. The number of aromatic nitrogens is 3. The summed E-state index contributed by atoms with van der Waals surface area (Å²) in [4.78, 5) is 13.3. The maximum atomic E-state index is 11.1. The third kappa shape index (κ3) is 2.67. The second-order valence-electron chi connectivity index (χ2n) is 5.47. The van der Waals surface area contributed by atoms with Gasteiger partial charge in [0.25, 0.3) is 0 Å². The van der Waals surface area contributed by atoms with Crippen LogP contribution in [0.2, 0.25) is 0 Å². The molecule has 110 valence electrons. The summed E-state index contributed by atoms with van der Waals surface area (Å²) in [7, 11) is 1.96. The van der Waals surface area contributed by atoms with Crippen molar-refractivity contribution in [3.8, 4) is 0 Å². The Hall–Kier alpha value is -2.21. The van der Waals surface area contributed by atoms with E-state index < -0.39 is 5.97 Å². The molecule has 2 aromatic rings. The van der Waals surface area contributed by atoms with Gasteiger partial charge in [-0.05, 0) is 36.6 Å². The van der Waals surface area contributed by atoms with Crippen molar-refractivity contribution in [2.45, 2.75) is 26.4 Å². The van der Waals surface area contributed by atoms with Crippen molar-refractivity contribution in [2.24, 2.45) is 7.05 Å². The van der Waals surface area contributed by atoms with Crippen molar-refractivity contribution in [1.82, 2.24) is 19.7 Å². The molecule has 1 aromatic heterocycles. The third-order valence-electron chi connectivity index (χ3n) is 4.09. The Balaban J connectivity index is 1.78. The fraction of sp³-hybridized carbons (Fsp3) is 0.400. The van der Waals surface area contributed by atoms with Gasteiger partial charge in [0.1, 0.15) is 11.6 Å². The number of carbonyl (C=O) groups is 1. The van der Waals surface area contributed by atoms with Gasteiger partial charge in [0, 0.05) is 20.1 Å². The van der Waals surface area contributed by atoms with E-state index in [9.17, 15) is 4.79 Å². The highest BCUT2D eigenvalue weighted by atomic mass is 16.4. The minimum absolute atomic E-state index is 0.352. The van der Waals surface area contributed by atoms with Crippen LogP contribution in [0.25, 0.3) is 0 Å². The summed E-state index contributed by atoms with van der Waals surface area (Å²) in [5, 5.41) is 17.4. The van der Waals surface area contributed by atoms with Gasteiger partial charge in [-0.25, -0.2) is 4.79 Å². The summed E-state index contributed by atoms with van der Waals surface area (Å²) in [6, 6.07) is 5.40. The first-order valence-electron chi connectivity index (χ1n) is 6.97. The first kappa shape index (κ1) is 13.8. The Bertz CT molecular complexity index is 693. The lowest BCUT2D eigenvalue weighted by Gasteiger charge is -2.28. The van der Waals surface area contributed by atoms with Crippen LogP contribution in [0.4, 0.5) is 0 Å². The largest absolute Gasteiger partial charge is 0.478 e. The highest BCUT2D eigenvalue weighted by Gasteiger charge is 2.19. The summed E-state index contributed by atoms with van der Waals surface area (Å²) in [6.45, 7) is 4.36. The molecule has 1 aliphatic heterocycles. The minimum Gasteiger partial charge on any atom is -0.478 e. The molecule has 0 unspecified atom stereocenters. The number of carboxylic acids is 1. The molecule has 0 spiro atoms. The molecule has 0 bridgehead atoms. The number of hydrogen-bond acceptors (Lipinski definition) is 4. The summed E-state index contributed by atoms with van der Waals surface area (Å²) in [5.41, 5.74) is 2.69. The number of rotatable bonds is 3. The van der Waals surface area contributed by atoms with E-state index in [1.165, 1.54) is 5.56 Å². The number of aryl methyl sites for hydroxylation is 1. The lowest BCUT2D eigenvalue weighted by molar-refractivity contribution is 0.0696. The summed E-state index contributed by atoms with van der Waals surface area (Å²) in [6.07, 6.45) is 0.937. The molecule has 0 saturated heterocycles. The van der Waals surface area contributed by atoms with Crippen molar-refractivity contribution in [2.75, 3.05) is 6.54 Å². The molecule has 1 aromatic carbocycles. The average molecular weight is 286 g/mol. The highest BCUT2D eigenvalue weighted by Crippen LogP contribution is 2.21. The van der Waals surface area contributed by atoms with Crippen LogP contribution in [0.5, 0.6) is 0 Å². The molecular weight excluding hydrogens is 268 g/mol. The van der Waals surface area contributed by atoms with Gasteiger partial charge >= 0.3 is 5.97 Å². The molecule has 1 aliphatic rings. The van der Waals surface area contributed by atoms with E-state index in [1.807, 2.05) is 24.6 Å². The second-order valence-corrected chi connectivity index (χ2v) is 5.47. The van der Waals surface area contributed by atoms with E-state index in [4.69, 9.17) is 5.11 Å². The lowest BCUT2D eigenvalue weighted by atomic mass is 9.97. The standard InChI is InChI=1S/C15H18N4O2/c1-10-16-17-14(18(10)2)9-19-6-5-11-3-4-12(15(20)21)7-13(11)8-19/h3-4,7H,5-6,8-9H2,1-2H3,(H,20,21). The Morgan fingerprint density at radius 1 is 1.33 bits per heavy atom. The van der Waals surface area contributed by atoms with Crippen LogP contribution >= 0.6 is 0 Å². The molecule has 2 heterocycles. The normalized spacial score (nSPS) is 15.0. The van der Waals surface area contributed by atoms with Crippen molar-refractivity contribution >= 4 is 5.97 Å². The molecule has 21 heavy (non-hydrogen) atoms. The lowest BCUT2D eigenvalue weighted by Crippen LogP contribution is -2.31. The molecule has 6 nitrogen and oxygen atoms in total. The fourth-order valence-electron chi connectivity index (χ4n) is 2.67. The maximum absolute atomic E-state index is 11.1. The molecular formula is C15H18N4O2. The minimum atomic E-state index is -0.876. The molecule has 6 heteroatoms. The average Bonchev–Trinajstić information content (AvgIpc) is 2.78. The smallest absolute Gasteiger partial charge is 0.335 e. The number of nitrogens with zero attached hydrogens (tertiary/aromatic N) is 4. The summed E-state index contributed by atoms with van der Waals surface area (Å²) >= 11 is 0. The summed E-state index contributed by atoms with van der Waals surface area (Å²) in [5.74, 6) is 0.958. The highest BCUT2D eigenvalue weighted by molar-refractivity contribution is 5.87. The first-order valence-corrected chi connectivity index (χ1v) is 6.97. The van der Waals surface area contributed by atoms with Crippen LogP contribution in [0.15, 0.2) is 18.2 Å². The Kier molecular flexibility index (Phi) is 3.47. The van der Waals surface area contributed by atoms with Crippen LogP contribution in [-0.4, -0.2) is 37.3 Å². The molecule has 0 aliphatic carbocycles. The van der Waals surface area contributed by atoms with Crippen LogP contribution in [0.1, 0.15) is 33.1 Å². The monoisotopic (exact) mass is 286 g/mol. The van der Waals surface area contributed by atoms with Crippen LogP contribution in [0, 0.1) is 6.92 Å². The van der Waals surface area contributed by atoms with Crippen molar-refractivity contribution < 1.29 is 9.90 Å². The SMILES string of the molecule is Cc1nnc(CN2CCc3ccc(C(=O)O)cc3C2)n1C. The second kappa shape index (κ2) is 5.29. The number of carboxylic acid groups (broad SMARTS) is 1. The van der Waals surface area contributed by atoms with Gasteiger partial charge in [0.05, 0.1) is 12.1 Å². The van der Waals surface area contributed by atoms with Gasteiger partial charge in [-0.2, -0.15) is 0 Å². The zero-order chi connectivity index (χ0) is 15.0. The van der Waals surface area contributed by atoms with E-state index >= 15 is 0 Å². The van der Waals surface area contributed by atoms with Crippen molar-refractivity contribution in [1.29, 1.82) is 0 Å². The third-order valence-corrected chi connectivity index (χ3v) is 4.09. The number of hydrogen-bond donors (Lipinski definition) is 1. The van der Waals surface area contributed by atoms with Gasteiger partial charge in [-0.15, -0.1) is 10.2 Å². The number of fused-ring (bicyclic) bond motifs is 1. The van der Waals surface area contributed by atoms with E-state index in [-0.39, 0.29) is 0 Å². The molecule has 0 fully saturated rings. The fourth-order valence-corrected chi connectivity index (χ4v) is 2.67. The van der Waals surface area contributed by atoms with Crippen LogP contribution in [0.3, 0.4) is 0 Å². The molecule has 0 atom stereocenters. The van der Waals surface area contributed by atoms with Gasteiger partial charge in [-0.3, -0.25) is 4.90 Å². The molecule has 3 rings (SSSR count). The molecule has 0 radical (unpaired) electrons. The zero-order valence-electron chi connectivity index (χ0n) is 12.2. The van der Waals surface area contributed by atoms with E-state index in [0.717, 1.165) is 43.3 Å². The van der Waals surface area contributed by atoms with Crippen LogP contribution < -0.4 is 0 Å². The maximum Gasteiger partial charge on any atom is 0.335 e.